The Balaban J connectivity index is 0.000000434. The molecule has 0 aromatic heterocycles. The minimum atomic E-state index is -0.426. The molecule has 0 saturated heterocycles. The van der Waals surface area contributed by atoms with Gasteiger partial charge in [-0.3, -0.25) is 0 Å². The third kappa shape index (κ3) is 14.2. The van der Waals surface area contributed by atoms with Crippen molar-refractivity contribution in [1.29, 1.82) is 0 Å². The number of benzene rings is 1. The highest BCUT2D eigenvalue weighted by molar-refractivity contribution is 5.52. The molecule has 39 heavy (non-hydrogen) atoms. The Morgan fingerprint density at radius 1 is 0.872 bits per heavy atom. The molecule has 0 N–H and O–H groups in total. The highest BCUT2D eigenvalue weighted by Gasteiger charge is 2.33. The molecule has 2 rings (SSSR count). The fourth-order valence-corrected chi connectivity index (χ4v) is 4.86. The van der Waals surface area contributed by atoms with Crippen LogP contribution in [0.3, 0.4) is 0 Å². The summed E-state index contributed by atoms with van der Waals surface area (Å²) >= 11 is 0. The normalized spacial score (nSPS) is 19.6. The van der Waals surface area contributed by atoms with Crippen LogP contribution in [0, 0.1) is 11.3 Å². The van der Waals surface area contributed by atoms with Crippen molar-refractivity contribution >= 4 is 0 Å². The molecule has 1 saturated carbocycles. The first-order valence-corrected chi connectivity index (χ1v) is 15.0. The Kier molecular flexibility index (Phi) is 14.3. The van der Waals surface area contributed by atoms with Gasteiger partial charge in [0.25, 0.3) is 0 Å². The molecule has 0 aliphatic heterocycles. The highest BCUT2D eigenvalue weighted by Crippen LogP contribution is 2.42. The third-order valence-corrected chi connectivity index (χ3v) is 6.28. The van der Waals surface area contributed by atoms with Crippen LogP contribution in [0.2, 0.25) is 0 Å². The van der Waals surface area contributed by atoms with Crippen LogP contribution in [0.5, 0.6) is 11.5 Å². The Morgan fingerprint density at radius 3 is 1.95 bits per heavy atom. The van der Waals surface area contributed by atoms with Crippen LogP contribution in [-0.2, 0) is 19.6 Å². The summed E-state index contributed by atoms with van der Waals surface area (Å²) in [6.45, 7) is 30.1. The van der Waals surface area contributed by atoms with E-state index in [0.717, 1.165) is 43.8 Å². The highest BCUT2D eigenvalue weighted by atomic mass is 17.2. The molecule has 1 aromatic rings. The van der Waals surface area contributed by atoms with Crippen molar-refractivity contribution in [3.8, 4) is 11.5 Å². The lowest BCUT2D eigenvalue weighted by atomic mass is 9.71. The van der Waals surface area contributed by atoms with E-state index in [2.05, 4.69) is 61.5 Å². The molecule has 2 atom stereocenters. The van der Waals surface area contributed by atoms with E-state index in [0.29, 0.717) is 28.9 Å². The van der Waals surface area contributed by atoms with E-state index in [1.54, 1.807) is 0 Å². The van der Waals surface area contributed by atoms with Crippen LogP contribution in [-0.4, -0.2) is 23.9 Å². The third-order valence-electron chi connectivity index (χ3n) is 6.28. The number of hydrogen-bond acceptors (Lipinski definition) is 6. The van der Waals surface area contributed by atoms with E-state index in [-0.39, 0.29) is 5.92 Å². The SMILES string of the molecule is CC(C)c1ccc(OOC(C)(C)C)c(OOC(C)(C)C)c1C(C)C.CCCCOOC1CC(C)CC(C)(C)C1. The fraction of sp³-hybridized carbons (Fsp3) is 0.818. The summed E-state index contributed by atoms with van der Waals surface area (Å²) in [6, 6.07) is 3.96. The fourth-order valence-electron chi connectivity index (χ4n) is 4.86. The van der Waals surface area contributed by atoms with E-state index >= 15 is 0 Å². The van der Waals surface area contributed by atoms with Crippen molar-refractivity contribution in [1.82, 2.24) is 0 Å². The second-order valence-electron chi connectivity index (χ2n) is 14.6. The topological polar surface area (TPSA) is 55.4 Å². The van der Waals surface area contributed by atoms with Crippen LogP contribution in [0.1, 0.15) is 152 Å². The summed E-state index contributed by atoms with van der Waals surface area (Å²) in [6.07, 6.45) is 6.14. The van der Waals surface area contributed by atoms with Crippen LogP contribution in [0.4, 0.5) is 0 Å². The summed E-state index contributed by atoms with van der Waals surface area (Å²) in [4.78, 5) is 33.1. The zero-order valence-electron chi connectivity index (χ0n) is 27.7. The van der Waals surface area contributed by atoms with Gasteiger partial charge in [-0.25, -0.2) is 9.78 Å². The smallest absolute Gasteiger partial charge is 0.215 e. The molecule has 228 valence electrons. The van der Waals surface area contributed by atoms with Gasteiger partial charge in [-0.1, -0.05) is 67.9 Å². The van der Waals surface area contributed by atoms with Crippen LogP contribution >= 0.6 is 0 Å². The Hall–Kier alpha value is -1.34. The largest absolute Gasteiger partial charge is 0.333 e. The average Bonchev–Trinajstić information content (AvgIpc) is 2.76. The molecule has 6 nitrogen and oxygen atoms in total. The van der Waals surface area contributed by atoms with Gasteiger partial charge < -0.3 is 9.78 Å². The molecular weight excluding hydrogens is 492 g/mol. The predicted molar refractivity (Wildman–Crippen MR) is 160 cm³/mol. The minimum Gasteiger partial charge on any atom is -0.333 e. The van der Waals surface area contributed by atoms with Crippen LogP contribution < -0.4 is 9.78 Å². The van der Waals surface area contributed by atoms with Crippen LogP contribution in [0.15, 0.2) is 12.1 Å². The van der Waals surface area contributed by atoms with E-state index in [1.807, 2.05) is 47.6 Å². The molecule has 1 aromatic carbocycles. The average molecular weight is 553 g/mol. The number of rotatable bonds is 11. The van der Waals surface area contributed by atoms with Crippen molar-refractivity contribution < 1.29 is 29.3 Å². The zero-order chi connectivity index (χ0) is 30.0. The molecule has 0 amide bonds. The summed E-state index contributed by atoms with van der Waals surface area (Å²) < 4.78 is 0. The van der Waals surface area contributed by atoms with Gasteiger partial charge in [0.1, 0.15) is 11.2 Å². The van der Waals surface area contributed by atoms with Gasteiger partial charge in [0, 0.05) is 5.56 Å². The standard InChI is InChI=1S/C20H34O4.C13H26O2/c1-13(2)15-11-12-16(21-23-19(5,6)7)18(17(15)14(3)4)22-24-20(8,9)10;1-5-6-7-14-15-12-8-11(2)9-13(3,4)10-12/h11-14H,1-10H3;11-12H,5-10H2,1-4H3. The maximum Gasteiger partial charge on any atom is 0.215 e. The Bertz CT molecular complexity index is 832. The van der Waals surface area contributed by atoms with Crippen molar-refractivity contribution in [2.24, 2.45) is 11.3 Å². The van der Waals surface area contributed by atoms with Gasteiger partial charge in [0.05, 0.1) is 12.7 Å². The molecule has 0 heterocycles. The van der Waals surface area contributed by atoms with E-state index in [4.69, 9.17) is 29.3 Å². The summed E-state index contributed by atoms with van der Waals surface area (Å²) in [5.74, 6) is 2.52. The first kappa shape index (κ1) is 35.7. The van der Waals surface area contributed by atoms with Gasteiger partial charge in [-0.05, 0) is 102 Å². The molecule has 2 unspecified atom stereocenters. The second kappa shape index (κ2) is 15.6. The summed E-state index contributed by atoms with van der Waals surface area (Å²) in [7, 11) is 0. The quantitative estimate of drug-likeness (QED) is 0.155. The lowest BCUT2D eigenvalue weighted by molar-refractivity contribution is -0.335. The van der Waals surface area contributed by atoms with Crippen molar-refractivity contribution in [3.05, 3.63) is 23.3 Å². The lowest BCUT2D eigenvalue weighted by Crippen LogP contribution is -2.32. The van der Waals surface area contributed by atoms with Crippen molar-refractivity contribution in [3.63, 3.8) is 0 Å². The van der Waals surface area contributed by atoms with E-state index < -0.39 is 11.2 Å². The lowest BCUT2D eigenvalue weighted by Gasteiger charge is -2.37. The molecular formula is C33H60O6. The summed E-state index contributed by atoms with van der Waals surface area (Å²) in [5, 5.41) is 0. The molecule has 6 heteroatoms. The predicted octanol–water partition coefficient (Wildman–Crippen LogP) is 10.1. The van der Waals surface area contributed by atoms with E-state index in [1.165, 1.54) is 12.0 Å². The molecule has 0 bridgehead atoms. The van der Waals surface area contributed by atoms with Gasteiger partial charge in [0.15, 0.2) is 0 Å². The Labute approximate surface area is 240 Å². The van der Waals surface area contributed by atoms with Crippen LogP contribution in [0.25, 0.3) is 0 Å². The first-order chi connectivity index (χ1) is 17.8. The van der Waals surface area contributed by atoms with E-state index in [9.17, 15) is 0 Å². The second-order valence-corrected chi connectivity index (χ2v) is 14.6. The molecule has 0 radical (unpaired) electrons. The van der Waals surface area contributed by atoms with Crippen molar-refractivity contribution in [2.75, 3.05) is 6.61 Å². The van der Waals surface area contributed by atoms with Gasteiger partial charge >= 0.3 is 0 Å². The zero-order valence-corrected chi connectivity index (χ0v) is 27.7. The van der Waals surface area contributed by atoms with Gasteiger partial charge in [-0.15, -0.1) is 0 Å². The van der Waals surface area contributed by atoms with Gasteiger partial charge in [-0.2, -0.15) is 9.78 Å². The summed E-state index contributed by atoms with van der Waals surface area (Å²) in [5.41, 5.74) is 1.88. The molecule has 1 fully saturated rings. The van der Waals surface area contributed by atoms with Gasteiger partial charge in [0.2, 0.25) is 11.5 Å². The molecule has 1 aliphatic rings. The maximum atomic E-state index is 5.75. The first-order valence-electron chi connectivity index (χ1n) is 15.0. The Morgan fingerprint density at radius 2 is 1.46 bits per heavy atom. The monoisotopic (exact) mass is 552 g/mol. The minimum absolute atomic E-state index is 0.263. The maximum absolute atomic E-state index is 5.75. The number of hydrogen-bond donors (Lipinski definition) is 0. The molecule has 0 spiro atoms. The number of unbranched alkanes of at least 4 members (excludes halogenated alkanes) is 1. The van der Waals surface area contributed by atoms with Crippen molar-refractivity contribution in [2.45, 2.75) is 158 Å². The molecule has 1 aliphatic carbocycles.